The van der Waals surface area contributed by atoms with Gasteiger partial charge in [-0.05, 0) is 27.7 Å². The monoisotopic (exact) mass is 407 g/mol. The van der Waals surface area contributed by atoms with Crippen LogP contribution in [-0.4, -0.2) is 102 Å². The van der Waals surface area contributed by atoms with Crippen LogP contribution in [0.15, 0.2) is 0 Å². The second-order valence-corrected chi connectivity index (χ2v) is 6.35. The Morgan fingerprint density at radius 3 is 1.39 bits per heavy atom. The summed E-state index contributed by atoms with van der Waals surface area (Å²) in [6, 6.07) is 0. The quantitative estimate of drug-likeness (QED) is 0.161. The van der Waals surface area contributed by atoms with E-state index in [1.54, 1.807) is 5.32 Å². The molecule has 0 aromatic carbocycles. The maximum absolute atomic E-state index is 12.4. The van der Waals surface area contributed by atoms with E-state index in [1.165, 1.54) is 0 Å². The highest BCUT2D eigenvalue weighted by Gasteiger charge is 2.79. The highest BCUT2D eigenvalue weighted by molar-refractivity contribution is 6.18. The molecule has 12 nitrogen and oxygen atoms in total. The normalized spacial score (nSPS) is 19.9. The number of aliphatic hydroxyl groups is 6. The van der Waals surface area contributed by atoms with E-state index in [0.717, 1.165) is 0 Å². The summed E-state index contributed by atoms with van der Waals surface area (Å²) in [5.41, 5.74) is -15.6. The predicted octanol–water partition coefficient (Wildman–Crippen LogP) is -4.63. The fraction of sp³-hybridized carbons (Fsp3) is 0.688. The fourth-order valence-electron chi connectivity index (χ4n) is 2.97. The van der Waals surface area contributed by atoms with Crippen LogP contribution in [-0.2, 0) is 24.0 Å². The first-order valence-electron chi connectivity index (χ1n) is 8.00. The molecule has 0 saturated carbocycles. The number of ketones is 4. The highest BCUT2D eigenvalue weighted by Crippen LogP contribution is 2.43. The molecular formula is C16H25NO11. The van der Waals surface area contributed by atoms with Crippen molar-refractivity contribution < 1.29 is 54.6 Å². The molecule has 0 spiro atoms. The Hall–Kier alpha value is -2.09. The smallest absolute Gasteiger partial charge is 0.263 e. The summed E-state index contributed by atoms with van der Waals surface area (Å²) >= 11 is 0. The minimum atomic E-state index is -4.11. The first-order chi connectivity index (χ1) is 12.6. The lowest BCUT2D eigenvalue weighted by atomic mass is 9.58. The van der Waals surface area contributed by atoms with Gasteiger partial charge in [0.1, 0.15) is 0 Å². The Labute approximate surface area is 159 Å². The number of hydrogen-bond donors (Lipinski definition) is 7. The summed E-state index contributed by atoms with van der Waals surface area (Å²) < 4.78 is 0. The lowest BCUT2D eigenvalue weighted by molar-refractivity contribution is -0.265. The Balaban J connectivity index is 7.35. The van der Waals surface area contributed by atoms with Gasteiger partial charge in [-0.25, -0.2) is 0 Å². The van der Waals surface area contributed by atoms with Gasteiger partial charge in [0.2, 0.25) is 16.8 Å². The summed E-state index contributed by atoms with van der Waals surface area (Å²) in [4.78, 5) is 61.0. The van der Waals surface area contributed by atoms with E-state index in [0.29, 0.717) is 27.7 Å². The van der Waals surface area contributed by atoms with E-state index in [1.807, 2.05) is 0 Å². The molecule has 0 heterocycles. The molecule has 7 N–H and O–H groups in total. The average Bonchev–Trinajstić information content (AvgIpc) is 2.61. The number of aliphatic hydroxyl groups excluding tert-OH is 2. The van der Waals surface area contributed by atoms with Crippen molar-refractivity contribution in [3.63, 3.8) is 0 Å². The van der Waals surface area contributed by atoms with Crippen LogP contribution >= 0.6 is 0 Å². The Morgan fingerprint density at radius 2 is 1.14 bits per heavy atom. The van der Waals surface area contributed by atoms with Crippen molar-refractivity contribution in [1.82, 2.24) is 5.32 Å². The van der Waals surface area contributed by atoms with Gasteiger partial charge in [0.15, 0.2) is 28.7 Å². The Morgan fingerprint density at radius 1 is 0.714 bits per heavy atom. The van der Waals surface area contributed by atoms with Crippen molar-refractivity contribution in [3.05, 3.63) is 0 Å². The molecule has 12 heteroatoms. The van der Waals surface area contributed by atoms with Crippen molar-refractivity contribution >= 4 is 29.0 Å². The van der Waals surface area contributed by atoms with E-state index >= 15 is 0 Å². The Bertz CT molecular complexity index is 692. The fourth-order valence-corrected chi connectivity index (χ4v) is 2.97. The zero-order chi connectivity index (χ0) is 22.7. The summed E-state index contributed by atoms with van der Waals surface area (Å²) in [7, 11) is 0. The SMILES string of the molecule is CC(=O)[C@](O)(C(=O)NCCO)[C@](O)(C(C)=O)[C@@](O)(C(C)=O)[C@](O)(CO)C(C)=O. The first-order valence-corrected chi connectivity index (χ1v) is 8.00. The van der Waals surface area contributed by atoms with Crippen molar-refractivity contribution in [3.8, 4) is 0 Å². The largest absolute Gasteiger partial charge is 0.395 e. The number of hydrogen-bond acceptors (Lipinski definition) is 11. The van der Waals surface area contributed by atoms with E-state index in [-0.39, 0.29) is 0 Å². The van der Waals surface area contributed by atoms with E-state index in [4.69, 9.17) is 5.11 Å². The molecule has 0 rings (SSSR count). The molecular weight excluding hydrogens is 382 g/mol. The third-order valence-electron chi connectivity index (χ3n) is 4.71. The van der Waals surface area contributed by atoms with Crippen LogP contribution in [0.4, 0.5) is 0 Å². The topological polar surface area (TPSA) is 219 Å². The molecule has 0 unspecified atom stereocenters. The van der Waals surface area contributed by atoms with E-state index in [9.17, 15) is 49.5 Å². The molecule has 160 valence electrons. The predicted molar refractivity (Wildman–Crippen MR) is 89.7 cm³/mol. The van der Waals surface area contributed by atoms with Crippen LogP contribution in [0.5, 0.6) is 0 Å². The van der Waals surface area contributed by atoms with E-state index in [2.05, 4.69) is 0 Å². The van der Waals surface area contributed by atoms with E-state index < -0.39 is 71.2 Å². The minimum Gasteiger partial charge on any atom is -0.395 e. The second-order valence-electron chi connectivity index (χ2n) is 6.35. The number of nitrogens with one attached hydrogen (secondary N) is 1. The number of amides is 1. The molecule has 1 amide bonds. The van der Waals surface area contributed by atoms with Crippen molar-refractivity contribution in [2.24, 2.45) is 0 Å². The molecule has 4 atom stereocenters. The first kappa shape index (κ1) is 25.9. The van der Waals surface area contributed by atoms with Crippen molar-refractivity contribution in [2.75, 3.05) is 19.8 Å². The number of carbonyl (C=O) groups is 5. The molecule has 28 heavy (non-hydrogen) atoms. The summed E-state index contributed by atoms with van der Waals surface area (Å²) in [6.45, 7) is -0.911. The van der Waals surface area contributed by atoms with Crippen molar-refractivity contribution in [1.29, 1.82) is 0 Å². The van der Waals surface area contributed by atoms with Crippen LogP contribution in [0.25, 0.3) is 0 Å². The maximum atomic E-state index is 12.4. The molecule has 0 aromatic rings. The third-order valence-corrected chi connectivity index (χ3v) is 4.71. The van der Waals surface area contributed by atoms with Gasteiger partial charge in [-0.3, -0.25) is 24.0 Å². The zero-order valence-corrected chi connectivity index (χ0v) is 15.8. The second kappa shape index (κ2) is 8.51. The van der Waals surface area contributed by atoms with Gasteiger partial charge in [0.05, 0.1) is 13.2 Å². The third kappa shape index (κ3) is 3.27. The van der Waals surface area contributed by atoms with Gasteiger partial charge in [-0.15, -0.1) is 0 Å². The molecule has 0 saturated heterocycles. The summed E-state index contributed by atoms with van der Waals surface area (Å²) in [5.74, 6) is -8.45. The zero-order valence-electron chi connectivity index (χ0n) is 15.8. The number of Topliss-reactive ketones (excluding diaryl/α,β-unsaturated/α-hetero) is 4. The maximum Gasteiger partial charge on any atom is 0.263 e. The highest BCUT2D eigenvalue weighted by atomic mass is 16.4. The van der Waals surface area contributed by atoms with Gasteiger partial charge < -0.3 is 36.0 Å². The van der Waals surface area contributed by atoms with Crippen LogP contribution in [0, 0.1) is 0 Å². The average molecular weight is 407 g/mol. The lowest BCUT2D eigenvalue weighted by Gasteiger charge is -2.52. The molecule has 0 radical (unpaired) electrons. The van der Waals surface area contributed by atoms with Crippen LogP contribution in [0.3, 0.4) is 0 Å². The van der Waals surface area contributed by atoms with Gasteiger partial charge >= 0.3 is 0 Å². The number of carbonyl (C=O) groups excluding carboxylic acids is 5. The van der Waals surface area contributed by atoms with Crippen LogP contribution in [0.2, 0.25) is 0 Å². The van der Waals surface area contributed by atoms with Gasteiger partial charge in [0.25, 0.3) is 5.91 Å². The molecule has 0 aliphatic rings. The Kier molecular flexibility index (Phi) is 7.87. The summed E-state index contributed by atoms with van der Waals surface area (Å²) in [5, 5.41) is 63.3. The summed E-state index contributed by atoms with van der Waals surface area (Å²) in [6.07, 6.45) is 0. The standard InChI is InChI=1S/C16H25NO11/c1-8(20)13(25,7-19)15(27,10(3)22)16(28,11(4)23)14(26,9(2)21)12(24)17-5-6-18/h18-19,25-28H,5-7H2,1-4H3,(H,17,24)/t13-,14-,15+,16+/m0/s1. The van der Waals surface area contributed by atoms with Crippen molar-refractivity contribution in [2.45, 2.75) is 50.1 Å². The minimum absolute atomic E-state index is 0.471. The van der Waals surface area contributed by atoms with Gasteiger partial charge in [0, 0.05) is 6.54 Å². The molecule has 0 aliphatic heterocycles. The van der Waals surface area contributed by atoms with Gasteiger partial charge in [-0.2, -0.15) is 0 Å². The van der Waals surface area contributed by atoms with Crippen LogP contribution in [0.1, 0.15) is 27.7 Å². The number of rotatable bonds is 11. The van der Waals surface area contributed by atoms with Gasteiger partial charge in [-0.1, -0.05) is 0 Å². The molecule has 0 bridgehead atoms. The molecule has 0 aliphatic carbocycles. The molecule has 0 aromatic heterocycles. The molecule has 0 fully saturated rings. The lowest BCUT2D eigenvalue weighted by Crippen LogP contribution is -2.86. The van der Waals surface area contributed by atoms with Crippen LogP contribution < -0.4 is 5.32 Å².